The summed E-state index contributed by atoms with van der Waals surface area (Å²) in [5.74, 6) is 0.470. The van der Waals surface area contributed by atoms with E-state index in [-0.39, 0.29) is 17.7 Å². The fourth-order valence-electron chi connectivity index (χ4n) is 2.85. The van der Waals surface area contributed by atoms with Gasteiger partial charge in [-0.3, -0.25) is 9.59 Å². The predicted octanol–water partition coefficient (Wildman–Crippen LogP) is 3.12. The average molecular weight is 384 g/mol. The Morgan fingerprint density at radius 2 is 1.57 bits per heavy atom. The molecule has 2 aromatic carbocycles. The molecule has 0 fully saturated rings. The van der Waals surface area contributed by atoms with Crippen LogP contribution in [-0.2, 0) is 11.3 Å². The van der Waals surface area contributed by atoms with Crippen molar-refractivity contribution in [1.29, 1.82) is 0 Å². The lowest BCUT2D eigenvalue weighted by Gasteiger charge is -2.27. The number of ether oxygens (including phenoxy) is 2. The van der Waals surface area contributed by atoms with Crippen molar-refractivity contribution in [1.82, 2.24) is 10.2 Å². The third-order valence-electron chi connectivity index (χ3n) is 4.47. The number of benzene rings is 2. The number of carbonyl (C=O) groups excluding carboxylic acids is 2. The maximum absolute atomic E-state index is 13.0. The van der Waals surface area contributed by atoms with E-state index in [1.165, 1.54) is 14.2 Å². The van der Waals surface area contributed by atoms with Crippen LogP contribution in [0.3, 0.4) is 0 Å². The first-order chi connectivity index (χ1) is 13.3. The van der Waals surface area contributed by atoms with Crippen LogP contribution in [0.5, 0.6) is 11.5 Å². The molecule has 150 valence electrons. The summed E-state index contributed by atoms with van der Waals surface area (Å²) in [4.78, 5) is 27.4. The largest absolute Gasteiger partial charge is 0.497 e. The van der Waals surface area contributed by atoms with E-state index in [1.807, 2.05) is 44.2 Å². The molecule has 1 N–H and O–H groups in total. The Hall–Kier alpha value is -3.02. The van der Waals surface area contributed by atoms with Crippen molar-refractivity contribution in [2.75, 3.05) is 21.3 Å². The number of nitrogens with zero attached hydrogens (tertiary/aromatic N) is 1. The first kappa shape index (κ1) is 21.3. The summed E-state index contributed by atoms with van der Waals surface area (Å²) in [7, 11) is 4.79. The van der Waals surface area contributed by atoms with Crippen LogP contribution in [0.25, 0.3) is 0 Å². The molecule has 0 aliphatic heterocycles. The number of hydrogen-bond acceptors (Lipinski definition) is 4. The fourth-order valence-corrected chi connectivity index (χ4v) is 2.85. The topological polar surface area (TPSA) is 67.9 Å². The minimum atomic E-state index is -0.640. The van der Waals surface area contributed by atoms with E-state index >= 15 is 0 Å². The van der Waals surface area contributed by atoms with Gasteiger partial charge in [-0.15, -0.1) is 0 Å². The molecule has 1 unspecified atom stereocenters. The van der Waals surface area contributed by atoms with E-state index in [0.29, 0.717) is 23.6 Å². The van der Waals surface area contributed by atoms with E-state index in [0.717, 1.165) is 5.56 Å². The SMILES string of the molecule is COc1cc(OC)cc(C(=O)NC(C(=O)N(C)Cc2ccccc2)C(C)C)c1. The molecule has 1 atom stereocenters. The highest BCUT2D eigenvalue weighted by atomic mass is 16.5. The van der Waals surface area contributed by atoms with Crippen LogP contribution < -0.4 is 14.8 Å². The molecule has 0 bridgehead atoms. The Labute approximate surface area is 166 Å². The van der Waals surface area contributed by atoms with Crippen molar-refractivity contribution in [3.8, 4) is 11.5 Å². The average Bonchev–Trinajstić information content (AvgIpc) is 2.71. The third-order valence-corrected chi connectivity index (χ3v) is 4.47. The van der Waals surface area contributed by atoms with Gasteiger partial charge in [-0.2, -0.15) is 0 Å². The van der Waals surface area contributed by atoms with Crippen LogP contribution in [0.2, 0.25) is 0 Å². The van der Waals surface area contributed by atoms with Crippen molar-refractivity contribution in [2.45, 2.75) is 26.4 Å². The van der Waals surface area contributed by atoms with E-state index in [1.54, 1.807) is 30.1 Å². The lowest BCUT2D eigenvalue weighted by Crippen LogP contribution is -2.50. The minimum absolute atomic E-state index is 0.0674. The van der Waals surface area contributed by atoms with Crippen LogP contribution in [0.4, 0.5) is 0 Å². The zero-order chi connectivity index (χ0) is 20.7. The van der Waals surface area contributed by atoms with Gasteiger partial charge in [-0.25, -0.2) is 0 Å². The van der Waals surface area contributed by atoms with Gasteiger partial charge >= 0.3 is 0 Å². The standard InChI is InChI=1S/C22H28N2O4/c1-15(2)20(22(26)24(3)14-16-9-7-6-8-10-16)23-21(25)17-11-18(27-4)13-19(12-17)28-5/h6-13,15,20H,14H2,1-5H3,(H,23,25). The zero-order valence-corrected chi connectivity index (χ0v) is 17.1. The molecule has 0 spiro atoms. The molecule has 0 aliphatic rings. The molecule has 6 nitrogen and oxygen atoms in total. The summed E-state index contributed by atoms with van der Waals surface area (Å²) in [6.07, 6.45) is 0. The Balaban J connectivity index is 2.15. The molecular formula is C22H28N2O4. The van der Waals surface area contributed by atoms with Crippen molar-refractivity contribution in [3.63, 3.8) is 0 Å². The summed E-state index contributed by atoms with van der Waals surface area (Å²) in [6.45, 7) is 4.29. The summed E-state index contributed by atoms with van der Waals surface area (Å²) in [5, 5.41) is 2.86. The number of likely N-dealkylation sites (N-methyl/N-ethyl adjacent to an activating group) is 1. The molecular weight excluding hydrogens is 356 g/mol. The van der Waals surface area contributed by atoms with Gasteiger partial charge < -0.3 is 19.7 Å². The molecule has 0 saturated carbocycles. The smallest absolute Gasteiger partial charge is 0.252 e. The van der Waals surface area contributed by atoms with Crippen LogP contribution in [0, 0.1) is 5.92 Å². The van der Waals surface area contributed by atoms with Gasteiger partial charge in [0.15, 0.2) is 0 Å². The number of nitrogens with one attached hydrogen (secondary N) is 1. The minimum Gasteiger partial charge on any atom is -0.497 e. The van der Waals surface area contributed by atoms with Gasteiger partial charge in [0.1, 0.15) is 17.5 Å². The molecule has 0 saturated heterocycles. The summed E-state index contributed by atoms with van der Waals surface area (Å²) in [6, 6.07) is 14.0. The van der Waals surface area contributed by atoms with Crippen LogP contribution in [-0.4, -0.2) is 44.0 Å². The molecule has 2 aromatic rings. The van der Waals surface area contributed by atoms with Gasteiger partial charge in [-0.1, -0.05) is 44.2 Å². The van der Waals surface area contributed by atoms with Crippen molar-refractivity contribution >= 4 is 11.8 Å². The first-order valence-corrected chi connectivity index (χ1v) is 9.18. The van der Waals surface area contributed by atoms with Crippen molar-refractivity contribution < 1.29 is 19.1 Å². The van der Waals surface area contributed by atoms with Crippen molar-refractivity contribution in [2.24, 2.45) is 5.92 Å². The molecule has 28 heavy (non-hydrogen) atoms. The molecule has 0 aromatic heterocycles. The highest BCUT2D eigenvalue weighted by molar-refractivity contribution is 5.98. The monoisotopic (exact) mass is 384 g/mol. The number of methoxy groups -OCH3 is 2. The van der Waals surface area contributed by atoms with E-state index < -0.39 is 6.04 Å². The van der Waals surface area contributed by atoms with Gasteiger partial charge in [-0.05, 0) is 23.6 Å². The maximum atomic E-state index is 13.0. The molecule has 0 heterocycles. The summed E-state index contributed by atoms with van der Waals surface area (Å²) < 4.78 is 10.4. The molecule has 2 amide bonds. The molecule has 6 heteroatoms. The second kappa shape index (κ2) is 9.78. The Kier molecular flexibility index (Phi) is 7.44. The van der Waals surface area contributed by atoms with Gasteiger partial charge in [0.05, 0.1) is 14.2 Å². The number of carbonyl (C=O) groups is 2. The normalized spacial score (nSPS) is 11.6. The van der Waals surface area contributed by atoms with Crippen LogP contribution in [0.15, 0.2) is 48.5 Å². The highest BCUT2D eigenvalue weighted by Gasteiger charge is 2.27. The van der Waals surface area contributed by atoms with E-state index in [2.05, 4.69) is 5.32 Å². The Bertz CT molecular complexity index is 783. The zero-order valence-electron chi connectivity index (χ0n) is 17.1. The molecule has 0 aliphatic carbocycles. The van der Waals surface area contributed by atoms with E-state index in [9.17, 15) is 9.59 Å². The fraction of sp³-hybridized carbons (Fsp3) is 0.364. The maximum Gasteiger partial charge on any atom is 0.252 e. The Morgan fingerprint density at radius 1 is 1.00 bits per heavy atom. The highest BCUT2D eigenvalue weighted by Crippen LogP contribution is 2.22. The molecule has 2 rings (SSSR count). The second-order valence-electron chi connectivity index (χ2n) is 6.98. The number of rotatable bonds is 8. The summed E-state index contributed by atoms with van der Waals surface area (Å²) in [5.41, 5.74) is 1.41. The first-order valence-electron chi connectivity index (χ1n) is 9.18. The number of hydrogen-bond donors (Lipinski definition) is 1. The van der Waals surface area contributed by atoms with Gasteiger partial charge in [0, 0.05) is 25.2 Å². The van der Waals surface area contributed by atoms with Gasteiger partial charge in [0.2, 0.25) is 5.91 Å². The quantitative estimate of drug-likeness (QED) is 0.759. The molecule has 0 radical (unpaired) electrons. The lowest BCUT2D eigenvalue weighted by molar-refractivity contribution is -0.133. The third kappa shape index (κ3) is 5.49. The second-order valence-corrected chi connectivity index (χ2v) is 6.98. The lowest BCUT2D eigenvalue weighted by atomic mass is 10.0. The summed E-state index contributed by atoms with van der Waals surface area (Å²) >= 11 is 0. The number of amides is 2. The Morgan fingerprint density at radius 3 is 2.07 bits per heavy atom. The van der Waals surface area contributed by atoms with Gasteiger partial charge in [0.25, 0.3) is 5.91 Å². The van der Waals surface area contributed by atoms with Crippen LogP contribution in [0.1, 0.15) is 29.8 Å². The van der Waals surface area contributed by atoms with Crippen LogP contribution >= 0.6 is 0 Å². The van der Waals surface area contributed by atoms with Crippen molar-refractivity contribution in [3.05, 3.63) is 59.7 Å². The predicted molar refractivity (Wildman–Crippen MR) is 109 cm³/mol. The van der Waals surface area contributed by atoms with E-state index in [4.69, 9.17) is 9.47 Å².